The standard InChI is InChI=1S/C29H36F2N2O4/c1-18(2)37-22-8-9-23-24(15-22)25-16-28(23)36-10-6-4-3-5-7-29(35)33-26(27(34)17-32-25)13-19-11-20(30)14-21(31)12-19/h4,6,8-9,11-12,14-15,18,25-28,32,34H,3,5,7,10,13,16-17H2,1-2H3,(H,33,35)/b6-4-/t25-,26-,27+,28+/m0/s1. The number of β-amino-alcohol motifs (C(OH)–C–C–N with tert-alkyl or cyclic N) is 1. The number of hydrogen-bond acceptors (Lipinski definition) is 5. The van der Waals surface area contributed by atoms with E-state index in [-0.39, 0.29) is 43.5 Å². The van der Waals surface area contributed by atoms with Gasteiger partial charge in [0.15, 0.2) is 0 Å². The molecular weight excluding hydrogens is 478 g/mol. The topological polar surface area (TPSA) is 79.8 Å². The van der Waals surface area contributed by atoms with E-state index in [4.69, 9.17) is 9.47 Å². The van der Waals surface area contributed by atoms with Crippen LogP contribution < -0.4 is 15.4 Å². The fourth-order valence-corrected chi connectivity index (χ4v) is 5.00. The Labute approximate surface area is 217 Å². The van der Waals surface area contributed by atoms with E-state index in [0.717, 1.165) is 29.4 Å². The van der Waals surface area contributed by atoms with E-state index in [9.17, 15) is 18.7 Å². The first kappa shape index (κ1) is 27.2. The predicted octanol–water partition coefficient (Wildman–Crippen LogP) is 4.67. The Hall–Kier alpha value is -2.81. The maximum Gasteiger partial charge on any atom is 0.220 e. The highest BCUT2D eigenvalue weighted by Crippen LogP contribution is 2.42. The zero-order valence-corrected chi connectivity index (χ0v) is 21.4. The number of ether oxygens (including phenoxy) is 2. The highest BCUT2D eigenvalue weighted by Gasteiger charge is 2.33. The van der Waals surface area contributed by atoms with Gasteiger partial charge in [0.25, 0.3) is 0 Å². The van der Waals surface area contributed by atoms with Crippen LogP contribution in [0.15, 0.2) is 48.6 Å². The molecule has 0 saturated heterocycles. The number of nitrogens with one attached hydrogen (secondary N) is 2. The van der Waals surface area contributed by atoms with Crippen LogP contribution >= 0.6 is 0 Å². The van der Waals surface area contributed by atoms with Crippen LogP contribution in [-0.2, 0) is 16.0 Å². The summed E-state index contributed by atoms with van der Waals surface area (Å²) in [6.45, 7) is 4.60. The maximum atomic E-state index is 13.8. The summed E-state index contributed by atoms with van der Waals surface area (Å²) in [5.74, 6) is -0.825. The Balaban J connectivity index is 1.56. The van der Waals surface area contributed by atoms with Crippen molar-refractivity contribution >= 4 is 5.91 Å². The number of amides is 1. The number of carbonyl (C=O) groups is 1. The third-order valence-corrected chi connectivity index (χ3v) is 6.70. The SMILES string of the molecule is CC(C)Oc1ccc2c(c1)[C@@H]1C[C@H]2OC/C=C\CCCC(=O)N[C@@H](Cc2cc(F)cc(F)c2)[C@H](O)CN1. The summed E-state index contributed by atoms with van der Waals surface area (Å²) in [4.78, 5) is 12.6. The monoisotopic (exact) mass is 514 g/mol. The summed E-state index contributed by atoms with van der Waals surface area (Å²) in [5.41, 5.74) is 2.51. The van der Waals surface area contributed by atoms with Gasteiger partial charge in [0.1, 0.15) is 17.4 Å². The lowest BCUT2D eigenvalue weighted by Gasteiger charge is -2.26. The molecule has 2 aromatic carbocycles. The van der Waals surface area contributed by atoms with Crippen molar-refractivity contribution in [1.29, 1.82) is 0 Å². The molecule has 2 aliphatic rings. The van der Waals surface area contributed by atoms with Gasteiger partial charge in [-0.2, -0.15) is 0 Å². The summed E-state index contributed by atoms with van der Waals surface area (Å²) in [5, 5.41) is 17.4. The molecule has 0 spiro atoms. The maximum absolute atomic E-state index is 13.8. The van der Waals surface area contributed by atoms with Crippen molar-refractivity contribution in [2.75, 3.05) is 13.2 Å². The number of fused-ring (bicyclic) bond motifs is 5. The lowest BCUT2D eigenvalue weighted by atomic mass is 9.99. The molecule has 1 aliphatic heterocycles. The molecular formula is C29H36F2N2O4. The molecule has 1 heterocycles. The quantitative estimate of drug-likeness (QED) is 0.517. The fourth-order valence-electron chi connectivity index (χ4n) is 5.00. The van der Waals surface area contributed by atoms with Gasteiger partial charge in [-0.3, -0.25) is 4.79 Å². The number of hydrogen-bond donors (Lipinski definition) is 3. The fraction of sp³-hybridized carbons (Fsp3) is 0.483. The number of aliphatic hydroxyl groups excluding tert-OH is 1. The molecule has 200 valence electrons. The average molecular weight is 515 g/mol. The molecule has 0 unspecified atom stereocenters. The summed E-state index contributed by atoms with van der Waals surface area (Å²) < 4.78 is 39.7. The summed E-state index contributed by atoms with van der Waals surface area (Å²) >= 11 is 0. The van der Waals surface area contributed by atoms with Crippen molar-refractivity contribution in [2.45, 2.75) is 76.3 Å². The Kier molecular flexibility index (Phi) is 9.29. The number of carbonyl (C=O) groups excluding carboxylic acids is 1. The van der Waals surface area contributed by atoms with E-state index in [1.807, 2.05) is 44.2 Å². The Morgan fingerprint density at radius 3 is 2.65 bits per heavy atom. The minimum atomic E-state index is -0.985. The van der Waals surface area contributed by atoms with Gasteiger partial charge in [0.05, 0.1) is 31.0 Å². The van der Waals surface area contributed by atoms with Crippen LogP contribution in [0.4, 0.5) is 8.78 Å². The molecule has 4 rings (SSSR count). The molecule has 2 aromatic rings. The van der Waals surface area contributed by atoms with Gasteiger partial charge in [-0.05, 0) is 80.5 Å². The second-order valence-corrected chi connectivity index (χ2v) is 10.1. The molecule has 6 nitrogen and oxygen atoms in total. The van der Waals surface area contributed by atoms with Crippen molar-refractivity contribution in [3.63, 3.8) is 0 Å². The van der Waals surface area contributed by atoms with Crippen LogP contribution in [0.25, 0.3) is 0 Å². The average Bonchev–Trinajstić information content (AvgIpc) is 3.16. The van der Waals surface area contributed by atoms with E-state index in [2.05, 4.69) is 10.6 Å². The Morgan fingerprint density at radius 1 is 1.11 bits per heavy atom. The largest absolute Gasteiger partial charge is 0.491 e. The first-order valence-corrected chi connectivity index (χ1v) is 13.0. The van der Waals surface area contributed by atoms with Gasteiger partial charge >= 0.3 is 0 Å². The van der Waals surface area contributed by atoms with Gasteiger partial charge in [-0.1, -0.05) is 18.2 Å². The van der Waals surface area contributed by atoms with E-state index >= 15 is 0 Å². The van der Waals surface area contributed by atoms with Crippen molar-refractivity contribution in [3.8, 4) is 5.75 Å². The van der Waals surface area contributed by atoms with E-state index in [0.29, 0.717) is 25.0 Å². The summed E-state index contributed by atoms with van der Waals surface area (Å²) in [6.07, 6.45) is 5.38. The molecule has 1 aliphatic carbocycles. The number of allylic oxidation sites excluding steroid dienone is 1. The minimum Gasteiger partial charge on any atom is -0.491 e. The van der Waals surface area contributed by atoms with E-state index in [1.165, 1.54) is 12.1 Å². The van der Waals surface area contributed by atoms with Gasteiger partial charge in [-0.15, -0.1) is 0 Å². The smallest absolute Gasteiger partial charge is 0.220 e. The Bertz CT molecular complexity index is 1090. The number of benzene rings is 2. The van der Waals surface area contributed by atoms with Crippen molar-refractivity contribution < 1.29 is 28.2 Å². The van der Waals surface area contributed by atoms with Crippen molar-refractivity contribution in [2.24, 2.45) is 0 Å². The minimum absolute atomic E-state index is 0.0383. The van der Waals surface area contributed by atoms with E-state index < -0.39 is 23.8 Å². The van der Waals surface area contributed by atoms with Crippen LogP contribution in [0.2, 0.25) is 0 Å². The second kappa shape index (κ2) is 12.6. The van der Waals surface area contributed by atoms with E-state index in [1.54, 1.807) is 0 Å². The van der Waals surface area contributed by atoms with Gasteiger partial charge in [-0.25, -0.2) is 8.78 Å². The first-order chi connectivity index (χ1) is 17.8. The lowest BCUT2D eigenvalue weighted by molar-refractivity contribution is -0.122. The zero-order chi connectivity index (χ0) is 26.4. The van der Waals surface area contributed by atoms with Crippen LogP contribution in [0.1, 0.15) is 68.4 Å². The van der Waals surface area contributed by atoms with Gasteiger partial charge < -0.3 is 25.2 Å². The van der Waals surface area contributed by atoms with Crippen LogP contribution in [-0.4, -0.2) is 42.4 Å². The molecule has 8 heteroatoms. The molecule has 1 amide bonds. The number of halogens is 2. The van der Waals surface area contributed by atoms with Gasteiger partial charge in [0, 0.05) is 25.1 Å². The highest BCUT2D eigenvalue weighted by molar-refractivity contribution is 5.76. The molecule has 3 N–H and O–H groups in total. The normalized spacial score (nSPS) is 25.9. The van der Waals surface area contributed by atoms with Crippen LogP contribution in [0.3, 0.4) is 0 Å². The number of aliphatic hydroxyl groups is 1. The van der Waals surface area contributed by atoms with Gasteiger partial charge in [0.2, 0.25) is 5.91 Å². The third kappa shape index (κ3) is 7.60. The molecule has 0 saturated carbocycles. The number of rotatable bonds is 4. The second-order valence-electron chi connectivity index (χ2n) is 10.1. The molecule has 2 bridgehead atoms. The van der Waals surface area contributed by atoms with Crippen molar-refractivity contribution in [3.05, 3.63) is 76.9 Å². The Morgan fingerprint density at radius 2 is 1.89 bits per heavy atom. The predicted molar refractivity (Wildman–Crippen MR) is 137 cm³/mol. The highest BCUT2D eigenvalue weighted by atomic mass is 19.1. The summed E-state index contributed by atoms with van der Waals surface area (Å²) in [6, 6.07) is 8.46. The van der Waals surface area contributed by atoms with Crippen LogP contribution in [0, 0.1) is 11.6 Å². The summed E-state index contributed by atoms with van der Waals surface area (Å²) in [7, 11) is 0. The third-order valence-electron chi connectivity index (χ3n) is 6.70. The van der Waals surface area contributed by atoms with Crippen molar-refractivity contribution in [1.82, 2.24) is 10.6 Å². The van der Waals surface area contributed by atoms with Crippen LogP contribution in [0.5, 0.6) is 5.75 Å². The molecule has 0 radical (unpaired) electrons. The zero-order valence-electron chi connectivity index (χ0n) is 21.4. The molecule has 37 heavy (non-hydrogen) atoms. The lowest BCUT2D eigenvalue weighted by Crippen LogP contribution is -2.49. The molecule has 0 fully saturated rings. The first-order valence-electron chi connectivity index (χ1n) is 13.0. The molecule has 0 aromatic heterocycles. The molecule has 4 atom stereocenters.